The number of hydrogen-bond acceptors (Lipinski definition) is 9. The summed E-state index contributed by atoms with van der Waals surface area (Å²) in [6, 6.07) is -0.241. The molecule has 2 fully saturated rings. The SMILES string of the molecule is COP(=O)(OC[C@H]1O[C@@H](C)C(O)C1NC(C)C)OC1C(O)[C@H](C)OC[C@@H]1CC(C)C. The van der Waals surface area contributed by atoms with Gasteiger partial charge in [0.05, 0.1) is 43.7 Å². The van der Waals surface area contributed by atoms with Gasteiger partial charge in [-0.1, -0.05) is 27.7 Å². The first-order valence-electron chi connectivity index (χ1n) is 10.8. The molecule has 0 amide bonds. The van der Waals surface area contributed by atoms with Gasteiger partial charge in [-0.15, -0.1) is 0 Å². The van der Waals surface area contributed by atoms with Gasteiger partial charge in [-0.2, -0.15) is 0 Å². The van der Waals surface area contributed by atoms with Crippen LogP contribution in [-0.4, -0.2) is 79.2 Å². The fraction of sp³-hybridized carbons (Fsp3) is 1.00. The minimum Gasteiger partial charge on any atom is -0.389 e. The summed E-state index contributed by atoms with van der Waals surface area (Å²) in [5.74, 6) is 0.217. The molecule has 9 atom stereocenters. The molecular formula is C20H40NO8P. The largest absolute Gasteiger partial charge is 0.474 e. The zero-order chi connectivity index (χ0) is 22.6. The predicted molar refractivity (Wildman–Crippen MR) is 112 cm³/mol. The van der Waals surface area contributed by atoms with Crippen LogP contribution in [0.5, 0.6) is 0 Å². The highest BCUT2D eigenvalue weighted by atomic mass is 31.2. The van der Waals surface area contributed by atoms with Crippen LogP contribution in [0.2, 0.25) is 0 Å². The third kappa shape index (κ3) is 6.70. The van der Waals surface area contributed by atoms with Gasteiger partial charge in [0.25, 0.3) is 0 Å². The number of aliphatic hydroxyl groups excluding tert-OH is 2. The van der Waals surface area contributed by atoms with Gasteiger partial charge in [0.2, 0.25) is 0 Å². The maximum Gasteiger partial charge on any atom is 0.474 e. The van der Waals surface area contributed by atoms with Gasteiger partial charge >= 0.3 is 7.82 Å². The Labute approximate surface area is 180 Å². The topological polar surface area (TPSA) is 116 Å². The van der Waals surface area contributed by atoms with Crippen LogP contribution < -0.4 is 5.32 Å². The Kier molecular flexibility index (Phi) is 9.74. The Bertz CT molecular complexity index is 577. The van der Waals surface area contributed by atoms with Crippen LogP contribution in [0.25, 0.3) is 0 Å². The number of ether oxygens (including phenoxy) is 2. The Hall–Kier alpha value is -0.0900. The van der Waals surface area contributed by atoms with E-state index in [2.05, 4.69) is 19.2 Å². The van der Waals surface area contributed by atoms with E-state index in [-0.39, 0.29) is 30.7 Å². The molecule has 5 unspecified atom stereocenters. The first-order valence-corrected chi connectivity index (χ1v) is 12.3. The quantitative estimate of drug-likeness (QED) is 0.428. The molecule has 2 rings (SSSR count). The summed E-state index contributed by atoms with van der Waals surface area (Å²) < 4.78 is 41.2. The van der Waals surface area contributed by atoms with Crippen LogP contribution in [-0.2, 0) is 27.6 Å². The van der Waals surface area contributed by atoms with Crippen LogP contribution in [0.1, 0.15) is 48.0 Å². The minimum atomic E-state index is -3.97. The lowest BCUT2D eigenvalue weighted by molar-refractivity contribution is -0.158. The third-order valence-electron chi connectivity index (χ3n) is 5.67. The molecule has 0 radical (unpaired) electrons. The summed E-state index contributed by atoms with van der Waals surface area (Å²) in [4.78, 5) is 0. The van der Waals surface area contributed by atoms with Gasteiger partial charge in [-0.25, -0.2) is 4.57 Å². The average molecular weight is 454 g/mol. The lowest BCUT2D eigenvalue weighted by Crippen LogP contribution is -2.50. The normalized spacial score (nSPS) is 39.6. The van der Waals surface area contributed by atoms with Crippen LogP contribution in [0.3, 0.4) is 0 Å². The monoisotopic (exact) mass is 453 g/mol. The lowest BCUT2D eigenvalue weighted by Gasteiger charge is -2.40. The summed E-state index contributed by atoms with van der Waals surface area (Å²) >= 11 is 0. The molecule has 2 heterocycles. The number of phosphoric ester groups is 1. The first kappa shape index (κ1) is 26.2. The van der Waals surface area contributed by atoms with E-state index < -0.39 is 38.3 Å². The Morgan fingerprint density at radius 2 is 1.80 bits per heavy atom. The molecule has 10 heteroatoms. The molecule has 0 spiro atoms. The van der Waals surface area contributed by atoms with E-state index in [1.165, 1.54) is 7.11 Å². The summed E-state index contributed by atoms with van der Waals surface area (Å²) in [6.45, 7) is 11.9. The van der Waals surface area contributed by atoms with Gasteiger partial charge < -0.3 is 25.0 Å². The van der Waals surface area contributed by atoms with E-state index in [0.29, 0.717) is 12.5 Å². The van der Waals surface area contributed by atoms with Crippen molar-refractivity contribution >= 4 is 7.82 Å². The second-order valence-electron chi connectivity index (χ2n) is 9.13. The molecule has 30 heavy (non-hydrogen) atoms. The van der Waals surface area contributed by atoms with Crippen molar-refractivity contribution < 1.29 is 37.8 Å². The molecular weight excluding hydrogens is 413 g/mol. The van der Waals surface area contributed by atoms with Crippen LogP contribution in [0.15, 0.2) is 0 Å². The molecule has 0 bridgehead atoms. The number of rotatable bonds is 10. The molecule has 0 aromatic carbocycles. The summed E-state index contributed by atoms with van der Waals surface area (Å²) in [5.41, 5.74) is 0. The van der Waals surface area contributed by atoms with Crippen LogP contribution in [0, 0.1) is 11.8 Å². The molecule has 0 saturated carbocycles. The smallest absolute Gasteiger partial charge is 0.389 e. The number of nitrogens with one attached hydrogen (secondary N) is 1. The van der Waals surface area contributed by atoms with Gasteiger partial charge in [0.15, 0.2) is 0 Å². The fourth-order valence-corrected chi connectivity index (χ4v) is 5.27. The molecule has 3 N–H and O–H groups in total. The molecule has 2 saturated heterocycles. The van der Waals surface area contributed by atoms with E-state index in [1.807, 2.05) is 13.8 Å². The summed E-state index contributed by atoms with van der Waals surface area (Å²) in [5, 5.41) is 24.3. The van der Waals surface area contributed by atoms with Gasteiger partial charge in [-0.3, -0.25) is 13.6 Å². The molecule has 0 aromatic rings. The molecule has 0 aromatic heterocycles. The number of hydrogen-bond donors (Lipinski definition) is 3. The highest BCUT2D eigenvalue weighted by Crippen LogP contribution is 2.52. The van der Waals surface area contributed by atoms with E-state index in [4.69, 9.17) is 23.0 Å². The van der Waals surface area contributed by atoms with Crippen molar-refractivity contribution in [3.63, 3.8) is 0 Å². The van der Waals surface area contributed by atoms with Crippen LogP contribution in [0.4, 0.5) is 0 Å². The molecule has 9 nitrogen and oxygen atoms in total. The zero-order valence-corrected chi connectivity index (χ0v) is 20.1. The molecule has 2 aliphatic rings. The first-order chi connectivity index (χ1) is 14.0. The van der Waals surface area contributed by atoms with Crippen molar-refractivity contribution in [3.8, 4) is 0 Å². The fourth-order valence-electron chi connectivity index (χ4n) is 4.10. The molecule has 2 aliphatic heterocycles. The Morgan fingerprint density at radius 3 is 2.37 bits per heavy atom. The molecule has 178 valence electrons. The lowest BCUT2D eigenvalue weighted by atomic mass is 9.86. The van der Waals surface area contributed by atoms with Crippen molar-refractivity contribution in [2.24, 2.45) is 11.8 Å². The average Bonchev–Trinajstić information content (AvgIpc) is 2.93. The maximum absolute atomic E-state index is 13.2. The third-order valence-corrected chi connectivity index (χ3v) is 7.08. The summed E-state index contributed by atoms with van der Waals surface area (Å²) in [6.07, 6.45) is -3.00. The van der Waals surface area contributed by atoms with Crippen molar-refractivity contribution in [1.82, 2.24) is 5.32 Å². The molecule has 0 aliphatic carbocycles. The van der Waals surface area contributed by atoms with E-state index in [9.17, 15) is 14.8 Å². The van der Waals surface area contributed by atoms with E-state index in [0.717, 1.165) is 6.42 Å². The van der Waals surface area contributed by atoms with Crippen LogP contribution >= 0.6 is 7.82 Å². The van der Waals surface area contributed by atoms with Crippen molar-refractivity contribution in [2.45, 2.75) is 96.7 Å². The Balaban J connectivity index is 2.07. The highest BCUT2D eigenvalue weighted by molar-refractivity contribution is 7.48. The second-order valence-corrected chi connectivity index (χ2v) is 10.9. The number of phosphoric acid groups is 1. The van der Waals surface area contributed by atoms with Gasteiger partial charge in [0.1, 0.15) is 12.2 Å². The summed E-state index contributed by atoms with van der Waals surface area (Å²) in [7, 11) is -2.72. The minimum absolute atomic E-state index is 0.0827. The number of aliphatic hydroxyl groups is 2. The highest BCUT2D eigenvalue weighted by Gasteiger charge is 2.46. The van der Waals surface area contributed by atoms with Crippen molar-refractivity contribution in [1.29, 1.82) is 0 Å². The standard InChI is InChI=1S/C20H40NO8P/c1-11(2)8-15-9-26-13(5)19(23)20(15)29-30(24,25-7)27-10-16-17(21-12(3)4)18(22)14(6)28-16/h11-23H,8-10H2,1-7H3/t13-,14-,15-,16+,17?,18?,19?,20?,30?/m0/s1. The van der Waals surface area contributed by atoms with E-state index in [1.54, 1.807) is 13.8 Å². The van der Waals surface area contributed by atoms with Gasteiger partial charge in [0, 0.05) is 19.1 Å². The zero-order valence-electron chi connectivity index (χ0n) is 19.2. The van der Waals surface area contributed by atoms with Crippen molar-refractivity contribution in [2.75, 3.05) is 20.3 Å². The Morgan fingerprint density at radius 1 is 1.13 bits per heavy atom. The maximum atomic E-state index is 13.2. The van der Waals surface area contributed by atoms with Gasteiger partial charge in [-0.05, 0) is 26.2 Å². The van der Waals surface area contributed by atoms with E-state index >= 15 is 0 Å². The predicted octanol–water partition coefficient (Wildman–Crippen LogP) is 2.10. The second kappa shape index (κ2) is 11.2. The van der Waals surface area contributed by atoms with Crippen molar-refractivity contribution in [3.05, 3.63) is 0 Å².